The van der Waals surface area contributed by atoms with E-state index in [1.54, 1.807) is 0 Å². The molecule has 4 heteroatoms. The van der Waals surface area contributed by atoms with Crippen LogP contribution < -0.4 is 0 Å². The molecule has 0 radical (unpaired) electrons. The van der Waals surface area contributed by atoms with Crippen molar-refractivity contribution in [1.82, 2.24) is 20.6 Å². The monoisotopic (exact) mass is 166 g/mol. The first-order valence-corrected chi connectivity index (χ1v) is 4.67. The van der Waals surface area contributed by atoms with Crippen LogP contribution in [0.1, 0.15) is 37.9 Å². The number of aryl methyl sites for hydroxylation is 1. The van der Waals surface area contributed by atoms with Crippen molar-refractivity contribution < 1.29 is 0 Å². The van der Waals surface area contributed by atoms with E-state index in [9.17, 15) is 0 Å². The molecule has 0 spiro atoms. The first-order valence-electron chi connectivity index (χ1n) is 4.67. The van der Waals surface area contributed by atoms with E-state index < -0.39 is 0 Å². The van der Waals surface area contributed by atoms with Crippen molar-refractivity contribution >= 4 is 0 Å². The largest absolute Gasteiger partial charge is 0.177 e. The Morgan fingerprint density at radius 1 is 1.33 bits per heavy atom. The number of nitrogens with one attached hydrogen (secondary N) is 1. The van der Waals surface area contributed by atoms with E-state index >= 15 is 0 Å². The maximum atomic E-state index is 3.93. The van der Waals surface area contributed by atoms with Crippen molar-refractivity contribution in [3.63, 3.8) is 0 Å². The molecule has 0 aromatic carbocycles. The molecule has 1 aromatic heterocycles. The molecule has 1 fully saturated rings. The Balaban J connectivity index is 1.74. The molecule has 0 saturated heterocycles. The fraction of sp³-hybridized carbons (Fsp3) is 0.875. The highest BCUT2D eigenvalue weighted by Crippen LogP contribution is 2.27. The van der Waals surface area contributed by atoms with Crippen LogP contribution >= 0.6 is 0 Å². The predicted molar refractivity (Wildman–Crippen MR) is 44.5 cm³/mol. The number of H-pyrrole nitrogens is 1. The zero-order valence-corrected chi connectivity index (χ0v) is 7.16. The minimum Gasteiger partial charge on any atom is -0.177 e. The zero-order valence-electron chi connectivity index (χ0n) is 7.16. The fourth-order valence-corrected chi connectivity index (χ4v) is 1.92. The summed E-state index contributed by atoms with van der Waals surface area (Å²) in [5.74, 6) is 1.78. The van der Waals surface area contributed by atoms with Gasteiger partial charge in [0.2, 0.25) is 0 Å². The molecule has 2 rings (SSSR count). The summed E-state index contributed by atoms with van der Waals surface area (Å²) in [7, 11) is 0. The summed E-state index contributed by atoms with van der Waals surface area (Å²) in [6.45, 7) is 0. The number of aromatic amines is 1. The summed E-state index contributed by atoms with van der Waals surface area (Å²) in [4.78, 5) is 0. The molecule has 1 aliphatic rings. The second kappa shape index (κ2) is 3.65. The highest BCUT2D eigenvalue weighted by Gasteiger charge is 2.15. The standard InChI is InChI=1S/C8H14N4/c1-2-4-7(3-1)5-6-8-9-11-12-10-8/h7H,1-6H2,(H,9,10,11,12). The number of hydrogen-bond acceptors (Lipinski definition) is 3. The van der Waals surface area contributed by atoms with Crippen LogP contribution in [0.4, 0.5) is 0 Å². The van der Waals surface area contributed by atoms with E-state index in [-0.39, 0.29) is 0 Å². The van der Waals surface area contributed by atoms with Gasteiger partial charge in [0.25, 0.3) is 0 Å². The van der Waals surface area contributed by atoms with Gasteiger partial charge in [-0.1, -0.05) is 30.9 Å². The zero-order chi connectivity index (χ0) is 8.23. The normalized spacial score (nSPS) is 18.7. The van der Waals surface area contributed by atoms with Crippen LogP contribution in [0, 0.1) is 5.92 Å². The lowest BCUT2D eigenvalue weighted by Gasteiger charge is -2.04. The predicted octanol–water partition coefficient (Wildman–Crippen LogP) is 1.32. The van der Waals surface area contributed by atoms with Gasteiger partial charge in [0, 0.05) is 6.42 Å². The molecule has 1 heterocycles. The van der Waals surface area contributed by atoms with Crippen molar-refractivity contribution in [1.29, 1.82) is 0 Å². The third-order valence-electron chi connectivity index (χ3n) is 2.64. The summed E-state index contributed by atoms with van der Waals surface area (Å²) in [5.41, 5.74) is 0. The van der Waals surface area contributed by atoms with E-state index in [1.165, 1.54) is 32.1 Å². The number of nitrogens with zero attached hydrogens (tertiary/aromatic N) is 3. The highest BCUT2D eigenvalue weighted by molar-refractivity contribution is 4.78. The Bertz CT molecular complexity index is 213. The second-order valence-corrected chi connectivity index (χ2v) is 3.52. The SMILES string of the molecule is C1CCC(CCc2nn[nH]n2)C1. The molecule has 12 heavy (non-hydrogen) atoms. The number of aromatic nitrogens is 4. The number of rotatable bonds is 3. The minimum atomic E-state index is 0.863. The van der Waals surface area contributed by atoms with E-state index in [0.717, 1.165) is 18.2 Å². The van der Waals surface area contributed by atoms with Gasteiger partial charge in [0.1, 0.15) is 0 Å². The summed E-state index contributed by atoms with van der Waals surface area (Å²) < 4.78 is 0. The van der Waals surface area contributed by atoms with Crippen LogP contribution in [0.25, 0.3) is 0 Å². The Morgan fingerprint density at radius 2 is 2.17 bits per heavy atom. The maximum Gasteiger partial charge on any atom is 0.174 e. The number of tetrazole rings is 1. The fourth-order valence-electron chi connectivity index (χ4n) is 1.92. The summed E-state index contributed by atoms with van der Waals surface area (Å²) in [6.07, 6.45) is 7.85. The molecule has 0 amide bonds. The van der Waals surface area contributed by atoms with Gasteiger partial charge in [-0.25, -0.2) is 0 Å². The molecule has 1 N–H and O–H groups in total. The lowest BCUT2D eigenvalue weighted by atomic mass is 10.0. The van der Waals surface area contributed by atoms with Crippen molar-refractivity contribution in [2.75, 3.05) is 0 Å². The molecular weight excluding hydrogens is 152 g/mol. The average molecular weight is 166 g/mol. The summed E-state index contributed by atoms with van der Waals surface area (Å²) in [6, 6.07) is 0. The third-order valence-corrected chi connectivity index (χ3v) is 2.64. The molecule has 1 saturated carbocycles. The molecule has 66 valence electrons. The smallest absolute Gasteiger partial charge is 0.174 e. The first-order chi connectivity index (χ1) is 5.95. The van der Waals surface area contributed by atoms with Gasteiger partial charge in [0.05, 0.1) is 0 Å². The number of hydrogen-bond donors (Lipinski definition) is 1. The van der Waals surface area contributed by atoms with Crippen LogP contribution in [-0.4, -0.2) is 20.6 Å². The molecule has 0 unspecified atom stereocenters. The Hall–Kier alpha value is -0.930. The molecule has 1 aromatic rings. The van der Waals surface area contributed by atoms with Crippen LogP contribution in [0.5, 0.6) is 0 Å². The summed E-state index contributed by atoms with van der Waals surface area (Å²) >= 11 is 0. The van der Waals surface area contributed by atoms with Gasteiger partial charge < -0.3 is 0 Å². The van der Waals surface area contributed by atoms with Gasteiger partial charge >= 0.3 is 0 Å². The third kappa shape index (κ3) is 1.81. The Labute approximate surface area is 71.8 Å². The van der Waals surface area contributed by atoms with E-state index in [2.05, 4.69) is 20.6 Å². The molecular formula is C8H14N4. The topological polar surface area (TPSA) is 54.5 Å². The lowest BCUT2D eigenvalue weighted by Crippen LogP contribution is -1.97. The van der Waals surface area contributed by atoms with E-state index in [0.29, 0.717) is 0 Å². The second-order valence-electron chi connectivity index (χ2n) is 3.52. The molecule has 0 aliphatic heterocycles. The molecule has 0 atom stereocenters. The highest BCUT2D eigenvalue weighted by atomic mass is 15.5. The van der Waals surface area contributed by atoms with E-state index in [4.69, 9.17) is 0 Å². The van der Waals surface area contributed by atoms with Gasteiger partial charge in [-0.05, 0) is 12.3 Å². The van der Waals surface area contributed by atoms with Gasteiger partial charge in [-0.3, -0.25) is 0 Å². The molecule has 4 nitrogen and oxygen atoms in total. The Morgan fingerprint density at radius 3 is 2.83 bits per heavy atom. The van der Waals surface area contributed by atoms with Crippen molar-refractivity contribution in [3.05, 3.63) is 5.82 Å². The van der Waals surface area contributed by atoms with Gasteiger partial charge in [0.15, 0.2) is 5.82 Å². The maximum absolute atomic E-state index is 3.93. The van der Waals surface area contributed by atoms with Crippen LogP contribution in [-0.2, 0) is 6.42 Å². The molecule has 1 aliphatic carbocycles. The Kier molecular flexibility index (Phi) is 2.34. The van der Waals surface area contributed by atoms with Crippen LogP contribution in [0.2, 0.25) is 0 Å². The van der Waals surface area contributed by atoms with Gasteiger partial charge in [-0.15, -0.1) is 10.2 Å². The lowest BCUT2D eigenvalue weighted by molar-refractivity contribution is 0.497. The average Bonchev–Trinajstić information content (AvgIpc) is 2.74. The quantitative estimate of drug-likeness (QED) is 0.736. The van der Waals surface area contributed by atoms with Crippen molar-refractivity contribution in [2.45, 2.75) is 38.5 Å². The minimum absolute atomic E-state index is 0.863. The van der Waals surface area contributed by atoms with Crippen molar-refractivity contribution in [3.8, 4) is 0 Å². The van der Waals surface area contributed by atoms with Gasteiger partial charge in [-0.2, -0.15) is 5.21 Å². The van der Waals surface area contributed by atoms with Crippen LogP contribution in [0.3, 0.4) is 0 Å². The van der Waals surface area contributed by atoms with E-state index in [1.807, 2.05) is 0 Å². The van der Waals surface area contributed by atoms with Crippen LogP contribution in [0.15, 0.2) is 0 Å². The first kappa shape index (κ1) is 7.71. The van der Waals surface area contributed by atoms with Crippen molar-refractivity contribution in [2.24, 2.45) is 5.92 Å². The molecule has 0 bridgehead atoms. The summed E-state index contributed by atoms with van der Waals surface area (Å²) in [5, 5.41) is 13.9.